The summed E-state index contributed by atoms with van der Waals surface area (Å²) in [5, 5.41) is 3.25. The minimum Gasteiger partial charge on any atom is -0.406 e. The van der Waals surface area contributed by atoms with E-state index in [9.17, 15) is 13.2 Å². The van der Waals surface area contributed by atoms with E-state index in [0.29, 0.717) is 6.54 Å². The van der Waals surface area contributed by atoms with Crippen LogP contribution < -0.4 is 10.1 Å². The molecule has 0 aliphatic heterocycles. The average Bonchev–Trinajstić information content (AvgIpc) is 2.75. The summed E-state index contributed by atoms with van der Waals surface area (Å²) in [6, 6.07) is 10.00. The van der Waals surface area contributed by atoms with Gasteiger partial charge in [-0.15, -0.1) is 24.5 Å². The molecule has 0 atom stereocenters. The molecule has 6 heteroatoms. The standard InChI is InChI=1S/C14H14F3NOS/c1-10-2-7-13(20-10)9-18-8-11-3-5-12(6-4-11)19-14(15,16)17/h2-7,18H,8-9H2,1H3. The molecular weight excluding hydrogens is 287 g/mol. The molecule has 0 aliphatic carbocycles. The zero-order valence-electron chi connectivity index (χ0n) is 10.8. The zero-order chi connectivity index (χ0) is 14.6. The quantitative estimate of drug-likeness (QED) is 0.891. The van der Waals surface area contributed by atoms with E-state index in [1.54, 1.807) is 23.5 Å². The second-order valence-corrected chi connectivity index (χ2v) is 5.68. The van der Waals surface area contributed by atoms with Crippen molar-refractivity contribution in [1.29, 1.82) is 0 Å². The lowest BCUT2D eigenvalue weighted by molar-refractivity contribution is -0.274. The van der Waals surface area contributed by atoms with Crippen LogP contribution in [0.3, 0.4) is 0 Å². The SMILES string of the molecule is Cc1ccc(CNCc2ccc(OC(F)(F)F)cc2)s1. The van der Waals surface area contributed by atoms with Crippen molar-refractivity contribution in [3.8, 4) is 5.75 Å². The highest BCUT2D eigenvalue weighted by atomic mass is 32.1. The van der Waals surface area contributed by atoms with Gasteiger partial charge in [-0.1, -0.05) is 12.1 Å². The molecule has 1 heterocycles. The van der Waals surface area contributed by atoms with Crippen molar-refractivity contribution in [3.05, 3.63) is 51.7 Å². The van der Waals surface area contributed by atoms with Crippen LogP contribution in [0.25, 0.3) is 0 Å². The van der Waals surface area contributed by atoms with Crippen molar-refractivity contribution in [2.45, 2.75) is 26.4 Å². The van der Waals surface area contributed by atoms with Crippen LogP contribution in [-0.4, -0.2) is 6.36 Å². The molecule has 2 aromatic rings. The summed E-state index contributed by atoms with van der Waals surface area (Å²) in [7, 11) is 0. The van der Waals surface area contributed by atoms with Gasteiger partial charge in [-0.25, -0.2) is 0 Å². The Labute approximate surface area is 119 Å². The Bertz CT molecular complexity index is 548. The molecule has 1 aromatic heterocycles. The molecule has 0 radical (unpaired) electrons. The number of hydrogen-bond acceptors (Lipinski definition) is 3. The first-order chi connectivity index (χ1) is 9.42. The summed E-state index contributed by atoms with van der Waals surface area (Å²) in [5.41, 5.74) is 0.910. The summed E-state index contributed by atoms with van der Waals surface area (Å²) in [6.07, 6.45) is -4.64. The molecule has 108 valence electrons. The van der Waals surface area contributed by atoms with Crippen LogP contribution in [-0.2, 0) is 13.1 Å². The summed E-state index contributed by atoms with van der Waals surface area (Å²) in [5.74, 6) is -0.199. The van der Waals surface area contributed by atoms with E-state index in [4.69, 9.17) is 0 Å². The first-order valence-electron chi connectivity index (χ1n) is 6.03. The summed E-state index contributed by atoms with van der Waals surface area (Å²) in [4.78, 5) is 2.50. The predicted molar refractivity (Wildman–Crippen MR) is 72.7 cm³/mol. The van der Waals surface area contributed by atoms with Crippen LogP contribution in [0.15, 0.2) is 36.4 Å². The maximum absolute atomic E-state index is 12.0. The van der Waals surface area contributed by atoms with Crippen molar-refractivity contribution < 1.29 is 17.9 Å². The van der Waals surface area contributed by atoms with Crippen molar-refractivity contribution in [3.63, 3.8) is 0 Å². The third kappa shape index (κ3) is 4.86. The smallest absolute Gasteiger partial charge is 0.406 e. The number of rotatable bonds is 5. The third-order valence-corrected chi connectivity index (χ3v) is 3.58. The van der Waals surface area contributed by atoms with Crippen LogP contribution >= 0.6 is 11.3 Å². The van der Waals surface area contributed by atoms with Gasteiger partial charge in [-0.3, -0.25) is 0 Å². The lowest BCUT2D eigenvalue weighted by Gasteiger charge is -2.09. The maximum Gasteiger partial charge on any atom is 0.573 e. The van der Waals surface area contributed by atoms with E-state index >= 15 is 0 Å². The molecule has 0 unspecified atom stereocenters. The van der Waals surface area contributed by atoms with Gasteiger partial charge in [0.2, 0.25) is 0 Å². The van der Waals surface area contributed by atoms with Crippen molar-refractivity contribution in [2.75, 3.05) is 0 Å². The van der Waals surface area contributed by atoms with Crippen molar-refractivity contribution in [1.82, 2.24) is 5.32 Å². The Hall–Kier alpha value is -1.53. The molecule has 0 bridgehead atoms. The molecule has 20 heavy (non-hydrogen) atoms. The largest absolute Gasteiger partial charge is 0.573 e. The highest BCUT2D eigenvalue weighted by Gasteiger charge is 2.30. The summed E-state index contributed by atoms with van der Waals surface area (Å²) < 4.78 is 39.8. The number of halogens is 3. The number of thiophene rings is 1. The number of hydrogen-bond donors (Lipinski definition) is 1. The molecule has 0 aliphatic rings. The van der Waals surface area contributed by atoms with E-state index < -0.39 is 6.36 Å². The molecule has 0 saturated heterocycles. The zero-order valence-corrected chi connectivity index (χ0v) is 11.6. The first kappa shape index (κ1) is 14.9. The van der Waals surface area contributed by atoms with Gasteiger partial charge in [0.05, 0.1) is 0 Å². The fourth-order valence-corrected chi connectivity index (χ4v) is 2.58. The Morgan fingerprint density at radius 3 is 2.30 bits per heavy atom. The maximum atomic E-state index is 12.0. The van der Waals surface area contributed by atoms with Crippen molar-refractivity contribution in [2.24, 2.45) is 0 Å². The second-order valence-electron chi connectivity index (χ2n) is 4.31. The number of nitrogens with one attached hydrogen (secondary N) is 1. The Morgan fingerprint density at radius 1 is 1.05 bits per heavy atom. The first-order valence-corrected chi connectivity index (χ1v) is 6.85. The van der Waals surface area contributed by atoms with E-state index in [-0.39, 0.29) is 5.75 Å². The van der Waals surface area contributed by atoms with Crippen LogP contribution in [0, 0.1) is 6.92 Å². The van der Waals surface area contributed by atoms with E-state index in [2.05, 4.69) is 22.2 Å². The lowest BCUT2D eigenvalue weighted by Crippen LogP contribution is -2.17. The van der Waals surface area contributed by atoms with Gasteiger partial charge in [-0.2, -0.15) is 0 Å². The molecule has 0 spiro atoms. The van der Waals surface area contributed by atoms with Gasteiger partial charge >= 0.3 is 6.36 Å². The molecule has 2 rings (SSSR count). The monoisotopic (exact) mass is 301 g/mol. The van der Waals surface area contributed by atoms with Gasteiger partial charge in [0, 0.05) is 22.8 Å². The van der Waals surface area contributed by atoms with Gasteiger partial charge in [0.15, 0.2) is 0 Å². The molecule has 0 amide bonds. The van der Waals surface area contributed by atoms with Crippen LogP contribution in [0.5, 0.6) is 5.75 Å². The van der Waals surface area contributed by atoms with Crippen molar-refractivity contribution >= 4 is 11.3 Å². The molecule has 2 nitrogen and oxygen atoms in total. The molecule has 0 fully saturated rings. The molecule has 0 saturated carbocycles. The topological polar surface area (TPSA) is 21.3 Å². The fourth-order valence-electron chi connectivity index (χ4n) is 1.72. The van der Waals surface area contributed by atoms with Gasteiger partial charge < -0.3 is 10.1 Å². The highest BCUT2D eigenvalue weighted by Crippen LogP contribution is 2.22. The Kier molecular flexibility index (Phi) is 4.67. The summed E-state index contributed by atoms with van der Waals surface area (Å²) in [6.45, 7) is 3.40. The fraction of sp³-hybridized carbons (Fsp3) is 0.286. The normalized spacial score (nSPS) is 11.6. The van der Waals surface area contributed by atoms with E-state index in [0.717, 1.165) is 12.1 Å². The lowest BCUT2D eigenvalue weighted by atomic mass is 10.2. The van der Waals surface area contributed by atoms with Gasteiger partial charge in [-0.05, 0) is 36.8 Å². The van der Waals surface area contributed by atoms with Crippen LogP contribution in [0.4, 0.5) is 13.2 Å². The Morgan fingerprint density at radius 2 is 1.75 bits per heavy atom. The van der Waals surface area contributed by atoms with Gasteiger partial charge in [0.1, 0.15) is 5.75 Å². The summed E-state index contributed by atoms with van der Waals surface area (Å²) >= 11 is 1.72. The van der Waals surface area contributed by atoms with E-state index in [1.807, 2.05) is 6.92 Å². The number of benzene rings is 1. The number of ether oxygens (including phenoxy) is 1. The third-order valence-electron chi connectivity index (χ3n) is 2.58. The van der Waals surface area contributed by atoms with Crippen LogP contribution in [0.1, 0.15) is 15.3 Å². The van der Waals surface area contributed by atoms with E-state index in [1.165, 1.54) is 21.9 Å². The number of alkyl halides is 3. The minimum absolute atomic E-state index is 0.199. The average molecular weight is 301 g/mol. The highest BCUT2D eigenvalue weighted by molar-refractivity contribution is 7.11. The minimum atomic E-state index is -4.64. The molecule has 1 aromatic carbocycles. The Balaban J connectivity index is 1.82. The molecule has 1 N–H and O–H groups in total. The number of aryl methyl sites for hydroxylation is 1. The van der Waals surface area contributed by atoms with Crippen LogP contribution in [0.2, 0.25) is 0 Å². The second kappa shape index (κ2) is 6.28. The predicted octanol–water partition coefficient (Wildman–Crippen LogP) is 4.24. The van der Waals surface area contributed by atoms with Gasteiger partial charge in [0.25, 0.3) is 0 Å². The molecular formula is C14H14F3NOS.